The molecule has 2 fully saturated rings. The number of aromatic nitrogens is 1. The van der Waals surface area contributed by atoms with Gasteiger partial charge >= 0.3 is 0 Å². The smallest absolute Gasteiger partial charge is 0.257 e. The first-order valence-corrected chi connectivity index (χ1v) is 7.91. The molecule has 130 valence electrons. The molecule has 2 atom stereocenters. The lowest BCUT2D eigenvalue weighted by molar-refractivity contribution is 0.0743. The van der Waals surface area contributed by atoms with Crippen molar-refractivity contribution in [2.45, 2.75) is 32.2 Å². The van der Waals surface area contributed by atoms with Crippen molar-refractivity contribution in [1.29, 1.82) is 0 Å². The molecular weight excluding hydrogens is 335 g/mol. The Morgan fingerprint density at radius 3 is 2.65 bits per heavy atom. The van der Waals surface area contributed by atoms with Crippen molar-refractivity contribution in [2.75, 3.05) is 31.1 Å². The van der Waals surface area contributed by atoms with E-state index in [0.717, 1.165) is 37.4 Å². The minimum Gasteiger partial charge on any atom is -0.356 e. The monoisotopic (exact) mass is 360 g/mol. The third-order valence-corrected chi connectivity index (χ3v) is 4.68. The summed E-state index contributed by atoms with van der Waals surface area (Å²) in [6.45, 7) is 5.53. The highest BCUT2D eigenvalue weighted by atomic mass is 35.5. The van der Waals surface area contributed by atoms with Crippen LogP contribution in [0.1, 0.15) is 36.5 Å². The van der Waals surface area contributed by atoms with Gasteiger partial charge in [0.25, 0.3) is 5.91 Å². The van der Waals surface area contributed by atoms with E-state index in [2.05, 4.69) is 16.8 Å². The van der Waals surface area contributed by atoms with Crippen LogP contribution in [0.2, 0.25) is 0 Å². The summed E-state index contributed by atoms with van der Waals surface area (Å²) in [6, 6.07) is 4.03. The summed E-state index contributed by atoms with van der Waals surface area (Å²) < 4.78 is 0. The number of halogens is 2. The fraction of sp³-hybridized carbons (Fsp3) is 0.625. The molecule has 5 nitrogen and oxygen atoms in total. The summed E-state index contributed by atoms with van der Waals surface area (Å²) in [5.74, 6) is 1.38. The number of anilines is 1. The number of hydrogen-bond donors (Lipinski definition) is 1. The highest BCUT2D eigenvalue weighted by Crippen LogP contribution is 2.28. The molecule has 0 saturated carbocycles. The maximum atomic E-state index is 12.9. The Morgan fingerprint density at radius 1 is 1.35 bits per heavy atom. The molecule has 0 radical (unpaired) electrons. The van der Waals surface area contributed by atoms with Gasteiger partial charge < -0.3 is 15.5 Å². The summed E-state index contributed by atoms with van der Waals surface area (Å²) in [5.41, 5.74) is 6.51. The Labute approximate surface area is 150 Å². The molecule has 1 amide bonds. The van der Waals surface area contributed by atoms with Crippen molar-refractivity contribution in [1.82, 2.24) is 9.88 Å². The van der Waals surface area contributed by atoms with Crippen LogP contribution in [0, 0.1) is 5.92 Å². The normalized spacial score (nSPS) is 23.4. The molecule has 2 N–H and O–H groups in total. The Hall–Kier alpha value is -1.04. The lowest BCUT2D eigenvalue weighted by atomic mass is 10.1. The van der Waals surface area contributed by atoms with Gasteiger partial charge in [0.2, 0.25) is 0 Å². The van der Waals surface area contributed by atoms with Gasteiger partial charge in [0.1, 0.15) is 5.82 Å². The summed E-state index contributed by atoms with van der Waals surface area (Å²) in [4.78, 5) is 21.6. The second-order valence-corrected chi connectivity index (χ2v) is 6.21. The predicted molar refractivity (Wildman–Crippen MR) is 97.8 cm³/mol. The summed E-state index contributed by atoms with van der Waals surface area (Å²) in [7, 11) is 0. The van der Waals surface area contributed by atoms with Gasteiger partial charge in [-0.3, -0.25) is 4.79 Å². The highest BCUT2D eigenvalue weighted by molar-refractivity contribution is 5.99. The zero-order valence-electron chi connectivity index (χ0n) is 13.5. The van der Waals surface area contributed by atoms with Crippen molar-refractivity contribution in [3.8, 4) is 0 Å². The highest BCUT2D eigenvalue weighted by Gasteiger charge is 2.33. The number of rotatable bonds is 3. The van der Waals surface area contributed by atoms with Crippen molar-refractivity contribution in [2.24, 2.45) is 11.7 Å². The molecule has 2 saturated heterocycles. The van der Waals surface area contributed by atoms with E-state index in [1.807, 2.05) is 17.0 Å². The zero-order chi connectivity index (χ0) is 14.8. The van der Waals surface area contributed by atoms with Gasteiger partial charge in [-0.25, -0.2) is 4.98 Å². The molecule has 7 heteroatoms. The van der Waals surface area contributed by atoms with Crippen LogP contribution >= 0.6 is 24.8 Å². The minimum atomic E-state index is 0. The fourth-order valence-corrected chi connectivity index (χ4v) is 3.50. The van der Waals surface area contributed by atoms with E-state index in [-0.39, 0.29) is 36.8 Å². The number of hydrogen-bond acceptors (Lipinski definition) is 4. The van der Waals surface area contributed by atoms with E-state index >= 15 is 0 Å². The van der Waals surface area contributed by atoms with Gasteiger partial charge in [-0.1, -0.05) is 0 Å². The molecular formula is C16H26Cl2N4O. The second kappa shape index (κ2) is 8.71. The molecule has 2 aliphatic heterocycles. The Morgan fingerprint density at radius 2 is 2.04 bits per heavy atom. The van der Waals surface area contributed by atoms with E-state index in [0.29, 0.717) is 12.5 Å². The summed E-state index contributed by atoms with van der Waals surface area (Å²) >= 11 is 0. The lowest BCUT2D eigenvalue weighted by Gasteiger charge is -2.25. The van der Waals surface area contributed by atoms with Gasteiger partial charge in [-0.2, -0.15) is 0 Å². The number of amides is 1. The van der Waals surface area contributed by atoms with E-state index in [1.165, 1.54) is 12.8 Å². The Kier molecular flexibility index (Phi) is 7.58. The Balaban J connectivity index is 0.00000132. The van der Waals surface area contributed by atoms with E-state index < -0.39 is 0 Å². The molecule has 1 aromatic heterocycles. The molecule has 3 rings (SSSR count). The summed E-state index contributed by atoms with van der Waals surface area (Å²) in [5, 5.41) is 0. The second-order valence-electron chi connectivity index (χ2n) is 6.21. The minimum absolute atomic E-state index is 0. The molecule has 3 heterocycles. The third kappa shape index (κ3) is 4.08. The van der Waals surface area contributed by atoms with E-state index in [1.54, 1.807) is 6.20 Å². The van der Waals surface area contributed by atoms with Gasteiger partial charge in [-0.05, 0) is 50.8 Å². The van der Waals surface area contributed by atoms with Crippen LogP contribution in [0.15, 0.2) is 18.3 Å². The van der Waals surface area contributed by atoms with Crippen molar-refractivity contribution < 1.29 is 4.79 Å². The average Bonchev–Trinajstić information content (AvgIpc) is 3.16. The van der Waals surface area contributed by atoms with Crippen molar-refractivity contribution >= 4 is 36.5 Å². The number of carbonyl (C=O) groups excluding carboxylic acids is 1. The van der Waals surface area contributed by atoms with Crippen molar-refractivity contribution in [3.63, 3.8) is 0 Å². The van der Waals surface area contributed by atoms with Crippen LogP contribution in [0.25, 0.3) is 0 Å². The predicted octanol–water partition coefficient (Wildman–Crippen LogP) is 2.33. The number of carbonyl (C=O) groups is 1. The molecule has 0 bridgehead atoms. The fourth-order valence-electron chi connectivity index (χ4n) is 3.50. The van der Waals surface area contributed by atoms with Crippen LogP contribution < -0.4 is 10.6 Å². The SMILES string of the molecule is CC1CC(CN)CN1C(=O)c1cccnc1N1CCCC1.Cl.Cl. The van der Waals surface area contributed by atoms with Crippen LogP contribution in [-0.2, 0) is 0 Å². The van der Waals surface area contributed by atoms with Gasteiger partial charge in [0, 0.05) is 31.9 Å². The lowest BCUT2D eigenvalue weighted by Crippen LogP contribution is -2.36. The number of nitrogens with zero attached hydrogens (tertiary/aromatic N) is 3. The molecule has 23 heavy (non-hydrogen) atoms. The van der Waals surface area contributed by atoms with Gasteiger partial charge in [-0.15, -0.1) is 24.8 Å². The standard InChI is InChI=1S/C16H24N4O.2ClH/c1-12-9-13(10-17)11-20(12)16(21)14-5-4-6-18-15(14)19-7-2-3-8-19;;/h4-6,12-13H,2-3,7-11,17H2,1H3;2*1H. The molecule has 0 aromatic carbocycles. The first-order valence-electron chi connectivity index (χ1n) is 7.91. The number of likely N-dealkylation sites (tertiary alicyclic amines) is 1. The van der Waals surface area contributed by atoms with E-state index in [4.69, 9.17) is 5.73 Å². The van der Waals surface area contributed by atoms with Crippen LogP contribution in [0.5, 0.6) is 0 Å². The zero-order valence-corrected chi connectivity index (χ0v) is 15.1. The number of nitrogens with two attached hydrogens (primary N) is 1. The molecule has 2 aliphatic rings. The van der Waals surface area contributed by atoms with E-state index in [9.17, 15) is 4.79 Å². The van der Waals surface area contributed by atoms with Gasteiger partial charge in [0.05, 0.1) is 5.56 Å². The van der Waals surface area contributed by atoms with Gasteiger partial charge in [0.15, 0.2) is 0 Å². The summed E-state index contributed by atoms with van der Waals surface area (Å²) in [6.07, 6.45) is 5.14. The first-order chi connectivity index (χ1) is 10.2. The molecule has 0 aliphatic carbocycles. The van der Waals surface area contributed by atoms with Crippen molar-refractivity contribution in [3.05, 3.63) is 23.9 Å². The topological polar surface area (TPSA) is 62.5 Å². The first kappa shape index (κ1) is 20.0. The average molecular weight is 361 g/mol. The number of pyridine rings is 1. The molecule has 1 aromatic rings. The largest absolute Gasteiger partial charge is 0.356 e. The molecule has 2 unspecified atom stereocenters. The molecule has 0 spiro atoms. The maximum Gasteiger partial charge on any atom is 0.257 e. The Bertz CT molecular complexity index is 523. The van der Waals surface area contributed by atoms with Crippen LogP contribution in [0.4, 0.5) is 5.82 Å². The quantitative estimate of drug-likeness (QED) is 0.898. The third-order valence-electron chi connectivity index (χ3n) is 4.68. The maximum absolute atomic E-state index is 12.9. The van der Waals surface area contributed by atoms with Crippen LogP contribution in [-0.4, -0.2) is 48.0 Å². The van der Waals surface area contributed by atoms with Crippen LogP contribution in [0.3, 0.4) is 0 Å².